The van der Waals surface area contributed by atoms with E-state index in [9.17, 15) is 4.79 Å². The van der Waals surface area contributed by atoms with Crippen molar-refractivity contribution >= 4 is 23.2 Å². The molecule has 0 spiro atoms. The standard InChI is InChI=1S/C21H20ClNO4/c1-13-4-7-19(25-3)17(10-13)23-21(24)20-9-6-16(27-20)12-26-18-8-5-15(22)11-14(18)2/h4-11H,12H2,1-3H3,(H,23,24). The highest BCUT2D eigenvalue weighted by Crippen LogP contribution is 2.26. The van der Waals surface area contributed by atoms with Gasteiger partial charge in [-0.15, -0.1) is 0 Å². The summed E-state index contributed by atoms with van der Waals surface area (Å²) in [6, 6.07) is 14.3. The van der Waals surface area contributed by atoms with E-state index in [4.69, 9.17) is 25.5 Å². The Bertz CT molecular complexity index is 965. The van der Waals surface area contributed by atoms with Crippen LogP contribution in [-0.4, -0.2) is 13.0 Å². The SMILES string of the molecule is COc1ccc(C)cc1NC(=O)c1ccc(COc2ccc(Cl)cc2C)o1. The van der Waals surface area contributed by atoms with E-state index >= 15 is 0 Å². The zero-order chi connectivity index (χ0) is 19.4. The van der Waals surface area contributed by atoms with Crippen LogP contribution in [0.2, 0.25) is 5.02 Å². The van der Waals surface area contributed by atoms with Crippen LogP contribution in [0.5, 0.6) is 11.5 Å². The number of carbonyl (C=O) groups is 1. The molecule has 140 valence electrons. The van der Waals surface area contributed by atoms with Gasteiger partial charge in [0.05, 0.1) is 12.8 Å². The Morgan fingerprint density at radius 3 is 2.59 bits per heavy atom. The summed E-state index contributed by atoms with van der Waals surface area (Å²) < 4.78 is 16.6. The summed E-state index contributed by atoms with van der Waals surface area (Å²) in [5.74, 6) is 1.69. The van der Waals surface area contributed by atoms with E-state index in [2.05, 4.69) is 5.32 Å². The lowest BCUT2D eigenvalue weighted by molar-refractivity contribution is 0.0992. The molecule has 3 rings (SSSR count). The second kappa shape index (κ2) is 8.18. The van der Waals surface area contributed by atoms with Gasteiger partial charge in [0.25, 0.3) is 5.91 Å². The first-order valence-electron chi connectivity index (χ1n) is 8.40. The Labute approximate surface area is 162 Å². The van der Waals surface area contributed by atoms with Gasteiger partial charge in [-0.25, -0.2) is 0 Å². The number of aryl methyl sites for hydroxylation is 2. The number of halogens is 1. The molecule has 0 bridgehead atoms. The van der Waals surface area contributed by atoms with E-state index in [1.807, 2.05) is 32.0 Å². The molecule has 0 aliphatic heterocycles. The summed E-state index contributed by atoms with van der Waals surface area (Å²) in [5, 5.41) is 3.46. The van der Waals surface area contributed by atoms with Gasteiger partial charge in [0, 0.05) is 5.02 Å². The maximum Gasteiger partial charge on any atom is 0.291 e. The van der Waals surface area contributed by atoms with E-state index in [0.29, 0.717) is 28.0 Å². The Morgan fingerprint density at radius 2 is 1.85 bits per heavy atom. The number of methoxy groups -OCH3 is 1. The van der Waals surface area contributed by atoms with Crippen LogP contribution < -0.4 is 14.8 Å². The van der Waals surface area contributed by atoms with Crippen molar-refractivity contribution in [2.24, 2.45) is 0 Å². The van der Waals surface area contributed by atoms with Crippen molar-refractivity contribution in [1.29, 1.82) is 0 Å². The van der Waals surface area contributed by atoms with Crippen LogP contribution in [0.3, 0.4) is 0 Å². The van der Waals surface area contributed by atoms with Crippen molar-refractivity contribution < 1.29 is 18.7 Å². The minimum absolute atomic E-state index is 0.199. The highest BCUT2D eigenvalue weighted by atomic mass is 35.5. The predicted molar refractivity (Wildman–Crippen MR) is 105 cm³/mol. The average Bonchev–Trinajstić information content (AvgIpc) is 3.10. The maximum absolute atomic E-state index is 12.5. The molecule has 1 amide bonds. The molecule has 1 heterocycles. The van der Waals surface area contributed by atoms with Gasteiger partial charge < -0.3 is 19.2 Å². The van der Waals surface area contributed by atoms with Crippen LogP contribution in [0.15, 0.2) is 52.9 Å². The topological polar surface area (TPSA) is 60.7 Å². The number of furan rings is 1. The summed E-state index contributed by atoms with van der Waals surface area (Å²) in [6.45, 7) is 4.07. The molecule has 0 saturated carbocycles. The maximum atomic E-state index is 12.5. The molecule has 1 N–H and O–H groups in total. The van der Waals surface area contributed by atoms with Crippen molar-refractivity contribution in [3.05, 3.63) is 76.2 Å². The predicted octanol–water partition coefficient (Wildman–Crippen LogP) is 5.39. The van der Waals surface area contributed by atoms with Gasteiger partial charge in [-0.3, -0.25) is 4.79 Å². The van der Waals surface area contributed by atoms with E-state index < -0.39 is 0 Å². The first-order chi connectivity index (χ1) is 13.0. The monoisotopic (exact) mass is 385 g/mol. The molecule has 0 atom stereocenters. The summed E-state index contributed by atoms with van der Waals surface area (Å²) >= 11 is 5.94. The summed E-state index contributed by atoms with van der Waals surface area (Å²) in [4.78, 5) is 12.5. The van der Waals surface area contributed by atoms with Crippen LogP contribution in [0.1, 0.15) is 27.4 Å². The van der Waals surface area contributed by atoms with Gasteiger partial charge in [0.15, 0.2) is 5.76 Å². The average molecular weight is 386 g/mol. The number of hydrogen-bond acceptors (Lipinski definition) is 4. The fraction of sp³-hybridized carbons (Fsp3) is 0.190. The minimum Gasteiger partial charge on any atom is -0.495 e. The normalized spacial score (nSPS) is 10.5. The molecule has 1 aromatic heterocycles. The summed E-state index contributed by atoms with van der Waals surface area (Å²) in [5.41, 5.74) is 2.53. The summed E-state index contributed by atoms with van der Waals surface area (Å²) in [6.07, 6.45) is 0. The highest BCUT2D eigenvalue weighted by molar-refractivity contribution is 6.30. The van der Waals surface area contributed by atoms with Crippen LogP contribution in [-0.2, 0) is 6.61 Å². The zero-order valence-electron chi connectivity index (χ0n) is 15.3. The zero-order valence-corrected chi connectivity index (χ0v) is 16.1. The molecule has 0 unspecified atom stereocenters. The third kappa shape index (κ3) is 4.63. The third-order valence-corrected chi connectivity index (χ3v) is 4.23. The molecule has 5 nitrogen and oxygen atoms in total. The first kappa shape index (κ1) is 18.9. The number of hydrogen-bond donors (Lipinski definition) is 1. The fourth-order valence-electron chi connectivity index (χ4n) is 2.60. The number of ether oxygens (including phenoxy) is 2. The van der Waals surface area contributed by atoms with Crippen LogP contribution in [0.4, 0.5) is 5.69 Å². The van der Waals surface area contributed by atoms with E-state index in [0.717, 1.165) is 11.1 Å². The van der Waals surface area contributed by atoms with Crippen molar-refractivity contribution in [3.8, 4) is 11.5 Å². The Balaban J connectivity index is 1.66. The molecule has 0 saturated heterocycles. The number of anilines is 1. The molecule has 27 heavy (non-hydrogen) atoms. The number of nitrogens with one attached hydrogen (secondary N) is 1. The molecular formula is C21H20ClNO4. The molecule has 0 aliphatic rings. The van der Waals surface area contributed by atoms with Gasteiger partial charge in [0.1, 0.15) is 23.9 Å². The number of amides is 1. The van der Waals surface area contributed by atoms with Gasteiger partial charge in [-0.05, 0) is 67.4 Å². The molecule has 0 fully saturated rings. The number of carbonyl (C=O) groups excluding carboxylic acids is 1. The Hall–Kier alpha value is -2.92. The largest absolute Gasteiger partial charge is 0.495 e. The first-order valence-corrected chi connectivity index (χ1v) is 8.77. The van der Waals surface area contributed by atoms with Gasteiger partial charge in [-0.1, -0.05) is 17.7 Å². The lowest BCUT2D eigenvalue weighted by Crippen LogP contribution is -2.12. The molecule has 0 aliphatic carbocycles. The number of rotatable bonds is 6. The Morgan fingerprint density at radius 1 is 1.07 bits per heavy atom. The summed E-state index contributed by atoms with van der Waals surface area (Å²) in [7, 11) is 1.56. The fourth-order valence-corrected chi connectivity index (χ4v) is 2.83. The van der Waals surface area contributed by atoms with Crippen LogP contribution in [0.25, 0.3) is 0 Å². The minimum atomic E-state index is -0.354. The van der Waals surface area contributed by atoms with Gasteiger partial charge in [-0.2, -0.15) is 0 Å². The molecular weight excluding hydrogens is 366 g/mol. The van der Waals surface area contributed by atoms with Crippen molar-refractivity contribution in [1.82, 2.24) is 0 Å². The van der Waals surface area contributed by atoms with Crippen molar-refractivity contribution in [2.75, 3.05) is 12.4 Å². The molecule has 6 heteroatoms. The highest BCUT2D eigenvalue weighted by Gasteiger charge is 2.14. The molecule has 0 radical (unpaired) electrons. The Kier molecular flexibility index (Phi) is 5.72. The van der Waals surface area contributed by atoms with E-state index in [1.54, 1.807) is 37.4 Å². The van der Waals surface area contributed by atoms with E-state index in [1.165, 1.54) is 0 Å². The molecule has 3 aromatic rings. The quantitative estimate of drug-likeness (QED) is 0.618. The van der Waals surface area contributed by atoms with Crippen molar-refractivity contribution in [2.45, 2.75) is 20.5 Å². The van der Waals surface area contributed by atoms with E-state index in [-0.39, 0.29) is 18.3 Å². The lowest BCUT2D eigenvalue weighted by Gasteiger charge is -2.10. The lowest BCUT2D eigenvalue weighted by atomic mass is 10.2. The second-order valence-corrected chi connectivity index (χ2v) is 6.56. The second-order valence-electron chi connectivity index (χ2n) is 6.12. The third-order valence-electron chi connectivity index (χ3n) is 4.00. The van der Waals surface area contributed by atoms with Crippen LogP contribution in [0, 0.1) is 13.8 Å². The van der Waals surface area contributed by atoms with Crippen molar-refractivity contribution in [3.63, 3.8) is 0 Å². The smallest absolute Gasteiger partial charge is 0.291 e. The van der Waals surface area contributed by atoms with Gasteiger partial charge in [0.2, 0.25) is 0 Å². The molecule has 2 aromatic carbocycles. The van der Waals surface area contributed by atoms with Crippen LogP contribution >= 0.6 is 11.6 Å². The van der Waals surface area contributed by atoms with Gasteiger partial charge >= 0.3 is 0 Å². The number of benzene rings is 2.